The number of ether oxygens (including phenoxy) is 2. The van der Waals surface area contributed by atoms with Crippen molar-refractivity contribution in [3.05, 3.63) is 41.4 Å². The van der Waals surface area contributed by atoms with E-state index in [4.69, 9.17) is 21.1 Å². The van der Waals surface area contributed by atoms with Crippen LogP contribution < -0.4 is 4.90 Å². The molecule has 1 amide bonds. The van der Waals surface area contributed by atoms with Crippen LogP contribution in [-0.2, 0) is 19.1 Å². The summed E-state index contributed by atoms with van der Waals surface area (Å²) in [4.78, 5) is 27.1. The predicted octanol–water partition coefficient (Wildman–Crippen LogP) is 2.58. The van der Waals surface area contributed by atoms with Crippen molar-refractivity contribution in [2.75, 3.05) is 18.1 Å². The van der Waals surface area contributed by atoms with Gasteiger partial charge in [-0.15, -0.1) is 0 Å². The van der Waals surface area contributed by atoms with Crippen LogP contribution in [0.1, 0.15) is 13.3 Å². The van der Waals surface area contributed by atoms with Gasteiger partial charge in [-0.2, -0.15) is 0 Å². The molecule has 3 aliphatic heterocycles. The average Bonchev–Trinajstić information content (AvgIpc) is 3.22. The second-order valence-corrected chi connectivity index (χ2v) is 6.90. The number of nitrogens with zero attached hydrogens (tertiary/aromatic N) is 1. The van der Waals surface area contributed by atoms with Crippen molar-refractivity contribution in [3.63, 3.8) is 0 Å². The number of rotatable bonds is 4. The zero-order valence-corrected chi connectivity index (χ0v) is 14.0. The number of fused-ring (bicyclic) bond motifs is 1. The molecule has 126 valence electrons. The molecule has 3 aliphatic rings. The number of amides is 1. The minimum Gasteiger partial charge on any atom is -0.465 e. The molecule has 0 aliphatic carbocycles. The monoisotopic (exact) mass is 347 g/mol. The predicted molar refractivity (Wildman–Crippen MR) is 88.8 cm³/mol. The van der Waals surface area contributed by atoms with Gasteiger partial charge in [0.25, 0.3) is 0 Å². The molecule has 2 fully saturated rings. The molecule has 0 unspecified atom stereocenters. The molecule has 2 saturated heterocycles. The van der Waals surface area contributed by atoms with Crippen molar-refractivity contribution in [1.29, 1.82) is 0 Å². The maximum Gasteiger partial charge on any atom is 0.312 e. The van der Waals surface area contributed by atoms with Gasteiger partial charge < -0.3 is 14.4 Å². The molecule has 2 bridgehead atoms. The lowest BCUT2D eigenvalue weighted by molar-refractivity contribution is -0.152. The third kappa shape index (κ3) is 2.19. The van der Waals surface area contributed by atoms with Crippen molar-refractivity contribution >= 4 is 29.2 Å². The van der Waals surface area contributed by atoms with E-state index in [1.54, 1.807) is 29.2 Å². The van der Waals surface area contributed by atoms with E-state index in [1.165, 1.54) is 0 Å². The van der Waals surface area contributed by atoms with Crippen LogP contribution in [0.4, 0.5) is 5.69 Å². The zero-order chi connectivity index (χ0) is 16.9. The number of halogens is 1. The number of hydrogen-bond donors (Lipinski definition) is 0. The quantitative estimate of drug-likeness (QED) is 0.620. The fourth-order valence-corrected chi connectivity index (χ4v) is 4.03. The Morgan fingerprint density at radius 1 is 1.42 bits per heavy atom. The van der Waals surface area contributed by atoms with E-state index in [-0.39, 0.29) is 18.0 Å². The Morgan fingerprint density at radius 2 is 2.17 bits per heavy atom. The third-order valence-corrected chi connectivity index (χ3v) is 5.21. The largest absolute Gasteiger partial charge is 0.465 e. The van der Waals surface area contributed by atoms with Crippen molar-refractivity contribution < 1.29 is 19.1 Å². The van der Waals surface area contributed by atoms with E-state index in [0.29, 0.717) is 18.2 Å². The second kappa shape index (κ2) is 5.60. The maximum absolute atomic E-state index is 13.0. The first-order valence-corrected chi connectivity index (χ1v) is 8.54. The highest BCUT2D eigenvalue weighted by Gasteiger charge is 2.67. The van der Waals surface area contributed by atoms with E-state index < -0.39 is 17.4 Å². The number of hydrogen-bond acceptors (Lipinski definition) is 4. The van der Waals surface area contributed by atoms with E-state index in [1.807, 2.05) is 19.1 Å². The van der Waals surface area contributed by atoms with Crippen molar-refractivity contribution in [1.82, 2.24) is 0 Å². The van der Waals surface area contributed by atoms with Gasteiger partial charge in [0.05, 0.1) is 25.2 Å². The summed E-state index contributed by atoms with van der Waals surface area (Å²) in [6.45, 7) is 2.71. The van der Waals surface area contributed by atoms with Gasteiger partial charge in [-0.3, -0.25) is 9.59 Å². The van der Waals surface area contributed by atoms with Crippen molar-refractivity contribution in [3.8, 4) is 0 Å². The van der Waals surface area contributed by atoms with Crippen LogP contribution in [0.15, 0.2) is 36.4 Å². The van der Waals surface area contributed by atoms with Crippen LogP contribution >= 0.6 is 11.6 Å². The Morgan fingerprint density at radius 3 is 2.88 bits per heavy atom. The molecule has 1 spiro atoms. The summed E-state index contributed by atoms with van der Waals surface area (Å²) in [5.41, 5.74) is 0.0337. The molecule has 4 atom stereocenters. The van der Waals surface area contributed by atoms with Gasteiger partial charge in [0.2, 0.25) is 5.91 Å². The highest BCUT2D eigenvalue weighted by atomic mass is 35.5. The van der Waals surface area contributed by atoms with E-state index in [2.05, 4.69) is 0 Å². The topological polar surface area (TPSA) is 55.8 Å². The summed E-state index contributed by atoms with van der Waals surface area (Å²) >= 11 is 5.92. The average molecular weight is 348 g/mol. The third-order valence-electron chi connectivity index (χ3n) is 4.96. The summed E-state index contributed by atoms with van der Waals surface area (Å²) in [6, 6.07) is 7.10. The van der Waals surface area contributed by atoms with Crippen molar-refractivity contribution in [2.45, 2.75) is 25.0 Å². The van der Waals surface area contributed by atoms with Crippen molar-refractivity contribution in [2.24, 2.45) is 11.8 Å². The fraction of sp³-hybridized carbons (Fsp3) is 0.444. The number of benzene rings is 1. The Labute approximate surface area is 145 Å². The molecule has 6 heteroatoms. The minimum absolute atomic E-state index is 0.0948. The van der Waals surface area contributed by atoms with Crippen LogP contribution in [0.25, 0.3) is 0 Å². The zero-order valence-electron chi connectivity index (χ0n) is 13.3. The molecular weight excluding hydrogens is 330 g/mol. The molecule has 4 rings (SSSR count). The van der Waals surface area contributed by atoms with Crippen LogP contribution in [0.5, 0.6) is 0 Å². The first kappa shape index (κ1) is 15.7. The number of anilines is 1. The maximum atomic E-state index is 13.0. The Hall–Kier alpha value is -1.85. The van der Waals surface area contributed by atoms with E-state index in [0.717, 1.165) is 12.1 Å². The normalized spacial score (nSPS) is 33.2. The van der Waals surface area contributed by atoms with Gasteiger partial charge in [-0.1, -0.05) is 30.7 Å². The van der Waals surface area contributed by atoms with Gasteiger partial charge >= 0.3 is 5.97 Å². The molecule has 0 N–H and O–H groups in total. The second-order valence-electron chi connectivity index (χ2n) is 6.47. The van der Waals surface area contributed by atoms with Crippen LogP contribution in [0.3, 0.4) is 0 Å². The lowest BCUT2D eigenvalue weighted by atomic mass is 9.77. The summed E-state index contributed by atoms with van der Waals surface area (Å²) in [5, 5.41) is 0.613. The molecular formula is C18H18ClNO4. The van der Waals surface area contributed by atoms with Crippen LogP contribution in [0, 0.1) is 11.8 Å². The first-order chi connectivity index (χ1) is 11.6. The highest BCUT2D eigenvalue weighted by molar-refractivity contribution is 6.30. The fourth-order valence-electron chi connectivity index (χ4n) is 3.91. The summed E-state index contributed by atoms with van der Waals surface area (Å²) in [5.74, 6) is -1.52. The SMILES string of the molecule is CCCOC(=O)[C@@H]1[C@H]2C(=O)N(c3ccc(Cl)cc3)C[C@@]23C=C[C@H]1O3. The van der Waals surface area contributed by atoms with E-state index >= 15 is 0 Å². The Balaban J connectivity index is 1.64. The molecule has 3 heterocycles. The molecule has 1 aromatic carbocycles. The Bertz CT molecular complexity index is 716. The number of carbonyl (C=O) groups excluding carboxylic acids is 2. The van der Waals surface area contributed by atoms with E-state index in [9.17, 15) is 9.59 Å². The lowest BCUT2D eigenvalue weighted by Crippen LogP contribution is -2.40. The molecule has 0 saturated carbocycles. The summed E-state index contributed by atoms with van der Waals surface area (Å²) in [6.07, 6.45) is 4.20. The number of carbonyl (C=O) groups is 2. The van der Waals surface area contributed by atoms with Gasteiger partial charge in [-0.05, 0) is 30.7 Å². The smallest absolute Gasteiger partial charge is 0.312 e. The number of esters is 1. The highest BCUT2D eigenvalue weighted by Crippen LogP contribution is 2.52. The summed E-state index contributed by atoms with van der Waals surface area (Å²) in [7, 11) is 0. The standard InChI is InChI=1S/C18H18ClNO4/c1-2-9-23-17(22)14-13-7-8-18(24-13)10-20(16(21)15(14)18)12-5-3-11(19)4-6-12/h3-8,13-15H,2,9-10H2,1H3/t13-,14+,15+,18+/m1/s1. The van der Waals surface area contributed by atoms with Gasteiger partial charge in [-0.25, -0.2) is 0 Å². The molecule has 0 aromatic heterocycles. The molecule has 5 nitrogen and oxygen atoms in total. The van der Waals surface area contributed by atoms with Crippen LogP contribution in [-0.4, -0.2) is 36.7 Å². The van der Waals surface area contributed by atoms with Gasteiger partial charge in [0.1, 0.15) is 11.5 Å². The summed E-state index contributed by atoms with van der Waals surface area (Å²) < 4.78 is 11.3. The minimum atomic E-state index is -0.725. The lowest BCUT2D eigenvalue weighted by Gasteiger charge is -2.22. The first-order valence-electron chi connectivity index (χ1n) is 8.16. The van der Waals surface area contributed by atoms with Gasteiger partial charge in [0, 0.05) is 10.7 Å². The Kier molecular flexibility index (Phi) is 3.66. The molecule has 0 radical (unpaired) electrons. The van der Waals surface area contributed by atoms with Gasteiger partial charge in [0.15, 0.2) is 0 Å². The molecule has 24 heavy (non-hydrogen) atoms. The van der Waals surface area contributed by atoms with Crippen LogP contribution in [0.2, 0.25) is 5.02 Å². The molecule has 1 aromatic rings.